The maximum atomic E-state index is 5.93. The molecule has 0 unspecified atom stereocenters. The third kappa shape index (κ3) is 5.23. The van der Waals surface area contributed by atoms with Gasteiger partial charge in [0.05, 0.1) is 0 Å². The number of hydrogen-bond acceptors (Lipinski definition) is 3. The number of piperidine rings is 1. The number of halogens is 1. The summed E-state index contributed by atoms with van der Waals surface area (Å²) in [5.41, 5.74) is 1.38. The molecule has 1 aliphatic heterocycles. The Bertz CT molecular complexity index is 603. The Balaban J connectivity index is 1.42. The first kappa shape index (κ1) is 17.8. The zero-order valence-electron chi connectivity index (χ0n) is 14.0. The Morgan fingerprint density at radius 1 is 1.12 bits per heavy atom. The molecule has 0 spiro atoms. The highest BCUT2D eigenvalue weighted by Crippen LogP contribution is 2.30. The second-order valence-corrected chi connectivity index (χ2v) is 7.95. The van der Waals surface area contributed by atoms with Crippen LogP contribution in [-0.4, -0.2) is 28.7 Å². The molecule has 0 radical (unpaired) electrons. The number of aromatic nitrogens is 1. The number of rotatable bonds is 7. The highest BCUT2D eigenvalue weighted by atomic mass is 35.5. The zero-order chi connectivity index (χ0) is 16.6. The average Bonchev–Trinajstić information content (AvgIpc) is 2.64. The number of thioether (sulfide) groups is 1. The molecule has 1 aromatic heterocycles. The van der Waals surface area contributed by atoms with Crippen molar-refractivity contribution in [2.45, 2.75) is 43.0 Å². The number of hydrogen-bond donors (Lipinski definition) is 0. The van der Waals surface area contributed by atoms with Gasteiger partial charge in [-0.05, 0) is 80.4 Å². The van der Waals surface area contributed by atoms with E-state index in [1.165, 1.54) is 61.4 Å². The Morgan fingerprint density at radius 2 is 2.00 bits per heavy atom. The van der Waals surface area contributed by atoms with Crippen molar-refractivity contribution >= 4 is 23.4 Å². The van der Waals surface area contributed by atoms with Gasteiger partial charge in [-0.2, -0.15) is 0 Å². The van der Waals surface area contributed by atoms with Gasteiger partial charge in [-0.1, -0.05) is 24.1 Å². The van der Waals surface area contributed by atoms with Crippen molar-refractivity contribution in [3.8, 4) is 0 Å². The van der Waals surface area contributed by atoms with E-state index in [0.717, 1.165) is 5.02 Å². The first-order valence-corrected chi connectivity index (χ1v) is 10.2. The van der Waals surface area contributed by atoms with Crippen LogP contribution in [-0.2, 0) is 0 Å². The number of nitrogens with zero attached hydrogens (tertiary/aromatic N) is 2. The van der Waals surface area contributed by atoms with E-state index in [9.17, 15) is 0 Å². The fourth-order valence-electron chi connectivity index (χ4n) is 3.35. The van der Waals surface area contributed by atoms with Crippen molar-refractivity contribution in [2.24, 2.45) is 0 Å². The first-order valence-electron chi connectivity index (χ1n) is 8.85. The molecule has 0 aliphatic carbocycles. The Hall–Kier alpha value is -1.03. The van der Waals surface area contributed by atoms with Crippen LogP contribution >= 0.6 is 23.4 Å². The molecular weight excluding hydrogens is 336 g/mol. The van der Waals surface area contributed by atoms with E-state index in [2.05, 4.69) is 34.1 Å². The Kier molecular flexibility index (Phi) is 7.00. The number of benzene rings is 1. The van der Waals surface area contributed by atoms with Gasteiger partial charge in [-0.3, -0.25) is 9.88 Å². The summed E-state index contributed by atoms with van der Waals surface area (Å²) in [5.74, 6) is 1.17. The minimum absolute atomic E-state index is 0.566. The van der Waals surface area contributed by atoms with Crippen LogP contribution in [0.3, 0.4) is 0 Å². The van der Waals surface area contributed by atoms with Gasteiger partial charge in [0.25, 0.3) is 0 Å². The quantitative estimate of drug-likeness (QED) is 0.456. The topological polar surface area (TPSA) is 16.1 Å². The second-order valence-electron chi connectivity index (χ2n) is 6.34. The van der Waals surface area contributed by atoms with E-state index >= 15 is 0 Å². The van der Waals surface area contributed by atoms with Crippen molar-refractivity contribution in [2.75, 3.05) is 18.8 Å². The van der Waals surface area contributed by atoms with Gasteiger partial charge in [0, 0.05) is 28.4 Å². The summed E-state index contributed by atoms with van der Waals surface area (Å²) in [6, 6.07) is 13.0. The lowest BCUT2D eigenvalue weighted by atomic mass is 9.96. The van der Waals surface area contributed by atoms with Crippen LogP contribution < -0.4 is 0 Å². The molecule has 0 saturated carbocycles. The van der Waals surface area contributed by atoms with Crippen LogP contribution in [0.1, 0.15) is 43.7 Å². The molecule has 128 valence electrons. The molecule has 2 aromatic rings. The fraction of sp³-hybridized carbons (Fsp3) is 0.450. The molecule has 24 heavy (non-hydrogen) atoms. The molecule has 1 saturated heterocycles. The van der Waals surface area contributed by atoms with Crippen molar-refractivity contribution in [3.63, 3.8) is 0 Å². The lowest BCUT2D eigenvalue weighted by Crippen LogP contribution is -2.34. The standard InChI is InChI=1S/C20H25ClN2S/c21-18-8-10-19(11-9-18)24-15-4-3-14-23-13-2-1-7-20(23)17-6-5-12-22-16-17/h5-6,8-12,16,20H,1-4,7,13-15H2/t20-/m1/s1. The van der Waals surface area contributed by atoms with E-state index in [1.54, 1.807) is 0 Å². The minimum atomic E-state index is 0.566. The number of likely N-dealkylation sites (tertiary alicyclic amines) is 1. The molecule has 2 nitrogen and oxygen atoms in total. The summed E-state index contributed by atoms with van der Waals surface area (Å²) in [5, 5.41) is 0.811. The lowest BCUT2D eigenvalue weighted by Gasteiger charge is -2.35. The summed E-state index contributed by atoms with van der Waals surface area (Å²) in [4.78, 5) is 8.28. The third-order valence-corrected chi connectivity index (χ3v) is 5.96. The smallest absolute Gasteiger partial charge is 0.0406 e. The first-order chi connectivity index (χ1) is 11.8. The van der Waals surface area contributed by atoms with Gasteiger partial charge in [-0.15, -0.1) is 11.8 Å². The van der Waals surface area contributed by atoms with Crippen LogP contribution in [0.5, 0.6) is 0 Å². The maximum absolute atomic E-state index is 5.93. The van der Waals surface area contributed by atoms with Crippen LogP contribution in [0.15, 0.2) is 53.7 Å². The number of pyridine rings is 1. The highest BCUT2D eigenvalue weighted by molar-refractivity contribution is 7.99. The van der Waals surface area contributed by atoms with Crippen molar-refractivity contribution in [1.82, 2.24) is 9.88 Å². The lowest BCUT2D eigenvalue weighted by molar-refractivity contribution is 0.146. The van der Waals surface area contributed by atoms with Gasteiger partial charge in [0.15, 0.2) is 0 Å². The predicted octanol–water partition coefficient (Wildman–Crippen LogP) is 5.83. The van der Waals surface area contributed by atoms with Crippen molar-refractivity contribution < 1.29 is 0 Å². The summed E-state index contributed by atoms with van der Waals surface area (Å²) in [6.45, 7) is 2.42. The van der Waals surface area contributed by atoms with E-state index in [0.29, 0.717) is 6.04 Å². The monoisotopic (exact) mass is 360 g/mol. The van der Waals surface area contributed by atoms with Gasteiger partial charge >= 0.3 is 0 Å². The maximum Gasteiger partial charge on any atom is 0.0406 e. The van der Waals surface area contributed by atoms with Crippen LogP contribution in [0.25, 0.3) is 0 Å². The molecule has 1 aliphatic rings. The number of unbranched alkanes of at least 4 members (excludes halogenated alkanes) is 1. The summed E-state index contributed by atoms with van der Waals surface area (Å²) in [6.07, 6.45) is 10.4. The predicted molar refractivity (Wildman–Crippen MR) is 104 cm³/mol. The van der Waals surface area contributed by atoms with Gasteiger partial charge in [0.1, 0.15) is 0 Å². The van der Waals surface area contributed by atoms with Gasteiger partial charge in [-0.25, -0.2) is 0 Å². The van der Waals surface area contributed by atoms with E-state index in [1.807, 2.05) is 36.3 Å². The fourth-order valence-corrected chi connectivity index (χ4v) is 4.39. The van der Waals surface area contributed by atoms with E-state index in [4.69, 9.17) is 11.6 Å². The van der Waals surface area contributed by atoms with Crippen molar-refractivity contribution in [1.29, 1.82) is 0 Å². The van der Waals surface area contributed by atoms with E-state index < -0.39 is 0 Å². The highest BCUT2D eigenvalue weighted by Gasteiger charge is 2.23. The normalized spacial score (nSPS) is 18.6. The molecular formula is C20H25ClN2S. The summed E-state index contributed by atoms with van der Waals surface area (Å²) in [7, 11) is 0. The molecule has 1 atom stereocenters. The minimum Gasteiger partial charge on any atom is -0.296 e. The van der Waals surface area contributed by atoms with Crippen molar-refractivity contribution in [3.05, 3.63) is 59.4 Å². The molecule has 1 fully saturated rings. The Morgan fingerprint density at radius 3 is 2.79 bits per heavy atom. The molecule has 0 N–H and O–H groups in total. The zero-order valence-corrected chi connectivity index (χ0v) is 15.6. The summed E-state index contributed by atoms with van der Waals surface area (Å²) >= 11 is 7.85. The Labute approximate surface area is 154 Å². The van der Waals surface area contributed by atoms with Gasteiger partial charge < -0.3 is 0 Å². The van der Waals surface area contributed by atoms with Crippen LogP contribution in [0.4, 0.5) is 0 Å². The largest absolute Gasteiger partial charge is 0.296 e. The average molecular weight is 361 g/mol. The summed E-state index contributed by atoms with van der Waals surface area (Å²) < 4.78 is 0. The molecule has 4 heteroatoms. The van der Waals surface area contributed by atoms with E-state index in [-0.39, 0.29) is 0 Å². The molecule has 3 rings (SSSR count). The third-order valence-electron chi connectivity index (χ3n) is 4.60. The van der Waals surface area contributed by atoms with Gasteiger partial charge in [0.2, 0.25) is 0 Å². The van der Waals surface area contributed by atoms with Crippen LogP contribution in [0.2, 0.25) is 5.02 Å². The molecule has 0 amide bonds. The molecule has 1 aromatic carbocycles. The molecule has 0 bridgehead atoms. The molecule has 2 heterocycles. The second kappa shape index (κ2) is 9.45. The van der Waals surface area contributed by atoms with Crippen LogP contribution in [0, 0.1) is 0 Å². The SMILES string of the molecule is Clc1ccc(SCCCCN2CCCC[C@@H]2c2cccnc2)cc1.